The first-order valence-corrected chi connectivity index (χ1v) is 16.8. The Morgan fingerprint density at radius 3 is 2.61 bits per heavy atom. The van der Waals surface area contributed by atoms with Crippen molar-refractivity contribution in [2.75, 3.05) is 19.0 Å². The van der Waals surface area contributed by atoms with Gasteiger partial charge in [-0.15, -0.1) is 11.8 Å². The first-order chi connectivity index (χ1) is 21.9. The molecule has 0 bridgehead atoms. The molecule has 1 saturated heterocycles. The molecule has 0 unspecified atom stereocenters. The molecule has 0 aromatic heterocycles. The monoisotopic (exact) mass is 651 g/mol. The van der Waals surface area contributed by atoms with E-state index in [9.17, 15) is 19.8 Å². The van der Waals surface area contributed by atoms with Crippen molar-refractivity contribution in [3.8, 4) is 0 Å². The number of aliphatic hydroxyl groups excluding tert-OH is 2. The maximum absolute atomic E-state index is 17.6. The molecule has 10 atom stereocenters. The number of hydrogen-bond donors (Lipinski definition) is 3. The molecule has 7 rings (SSSR count). The van der Waals surface area contributed by atoms with Gasteiger partial charge in [0.05, 0.1) is 12.2 Å². The molecular weight excluding hydrogens is 612 g/mol. The number of alkyl halides is 2. The van der Waals surface area contributed by atoms with Gasteiger partial charge in [0.15, 0.2) is 29.1 Å². The summed E-state index contributed by atoms with van der Waals surface area (Å²) < 4.78 is 46.4. The van der Waals surface area contributed by atoms with Gasteiger partial charge < -0.3 is 25.0 Å². The number of halogens is 2. The number of allylic oxidation sites excluding steroid dienone is 4. The number of ketones is 2. The van der Waals surface area contributed by atoms with Crippen molar-refractivity contribution in [2.45, 2.75) is 79.7 Å². The molecule has 4 aliphatic carbocycles. The lowest BCUT2D eigenvalue weighted by atomic mass is 9.44. The van der Waals surface area contributed by atoms with Gasteiger partial charge in [0, 0.05) is 45.7 Å². The minimum absolute atomic E-state index is 0.0432. The molecule has 4 fully saturated rings. The molecule has 244 valence electrons. The van der Waals surface area contributed by atoms with E-state index in [1.165, 1.54) is 12.2 Å². The fourth-order valence-electron chi connectivity index (χ4n) is 9.39. The number of rotatable bonds is 7. The predicted octanol–water partition coefficient (Wildman–Crippen LogP) is 5.66. The number of thioether (sulfide) groups is 1. The average Bonchev–Trinajstić information content (AvgIpc) is 3.55. The van der Waals surface area contributed by atoms with Gasteiger partial charge in [0.1, 0.15) is 12.8 Å². The third-order valence-electron chi connectivity index (χ3n) is 11.7. The second-order valence-corrected chi connectivity index (χ2v) is 14.8. The summed E-state index contributed by atoms with van der Waals surface area (Å²) in [5.74, 6) is -1.84. The van der Waals surface area contributed by atoms with Gasteiger partial charge in [-0.2, -0.15) is 0 Å². The molecule has 0 radical (unpaired) electrons. The van der Waals surface area contributed by atoms with Crippen molar-refractivity contribution in [3.05, 3.63) is 83.5 Å². The summed E-state index contributed by atoms with van der Waals surface area (Å²) in [5.41, 5.74) is -3.77. The zero-order chi connectivity index (χ0) is 32.6. The molecular formula is C36H39F2NO6S. The Kier molecular flexibility index (Phi) is 7.64. The highest BCUT2D eigenvalue weighted by atomic mass is 32.2. The lowest BCUT2D eigenvalue weighted by Gasteiger charge is -2.63. The van der Waals surface area contributed by atoms with Crippen LogP contribution in [0.3, 0.4) is 0 Å². The van der Waals surface area contributed by atoms with Crippen LogP contribution in [0.1, 0.15) is 50.5 Å². The zero-order valence-electron chi connectivity index (χ0n) is 26.0. The van der Waals surface area contributed by atoms with Gasteiger partial charge in [0.2, 0.25) is 0 Å². The first kappa shape index (κ1) is 31.7. The van der Waals surface area contributed by atoms with E-state index in [1.807, 2.05) is 43.4 Å². The minimum atomic E-state index is -2.29. The Morgan fingerprint density at radius 2 is 1.89 bits per heavy atom. The van der Waals surface area contributed by atoms with E-state index in [4.69, 9.17) is 9.47 Å². The number of carbonyl (C=O) groups excluding carboxylic acids is 2. The van der Waals surface area contributed by atoms with Crippen molar-refractivity contribution >= 4 is 29.0 Å². The van der Waals surface area contributed by atoms with Crippen LogP contribution in [-0.4, -0.2) is 65.1 Å². The van der Waals surface area contributed by atoms with E-state index < -0.39 is 76.8 Å². The molecule has 3 N–H and O–H groups in total. The number of aliphatic hydroxyl groups is 2. The van der Waals surface area contributed by atoms with Crippen LogP contribution in [0.15, 0.2) is 77.2 Å². The van der Waals surface area contributed by atoms with Crippen LogP contribution in [0, 0.1) is 22.7 Å². The molecule has 7 nitrogen and oxygen atoms in total. The van der Waals surface area contributed by atoms with Crippen LogP contribution >= 0.6 is 11.8 Å². The summed E-state index contributed by atoms with van der Waals surface area (Å²) in [6.07, 6.45) is -1.34. The smallest absolute Gasteiger partial charge is 0.193 e. The van der Waals surface area contributed by atoms with Crippen LogP contribution in [0.4, 0.5) is 14.5 Å². The Balaban J connectivity index is 1.16. The van der Waals surface area contributed by atoms with Crippen molar-refractivity contribution in [3.63, 3.8) is 0 Å². The quantitative estimate of drug-likeness (QED) is 0.330. The largest absolute Gasteiger partial charge is 0.390 e. The van der Waals surface area contributed by atoms with Gasteiger partial charge in [-0.1, -0.05) is 43.3 Å². The lowest BCUT2D eigenvalue weighted by molar-refractivity contribution is -0.235. The summed E-state index contributed by atoms with van der Waals surface area (Å²) in [4.78, 5) is 27.0. The fraction of sp³-hybridized carbons (Fsp3) is 0.500. The standard InChI is InChI=1S/C36H39F2NO6S/c1-33-12-11-23(41)14-27(33)28(37)15-26-25-16-31-36(30(43)18-40,34(25,2)17-29(42)35(26,33)38)45-32(44-31)21-9-7-20(8-10-21)19-46-24-6-4-5-22(13-24)39-3/h4-14,25-26,28-29,31-32,39-40,42H,15-19H2,1-3H3/t25-,26-,28-,29-,31+,32-,33-,34-,35-,36+/m0/s1. The molecule has 2 aromatic carbocycles. The van der Waals surface area contributed by atoms with E-state index in [0.29, 0.717) is 5.56 Å². The van der Waals surface area contributed by atoms with Crippen LogP contribution in [0.2, 0.25) is 0 Å². The normalized spacial score (nSPS) is 40.8. The summed E-state index contributed by atoms with van der Waals surface area (Å²) in [5, 5.41) is 25.0. The third kappa shape index (κ3) is 4.29. The van der Waals surface area contributed by atoms with Crippen LogP contribution in [0.25, 0.3) is 0 Å². The second kappa shape index (κ2) is 11.1. The number of fused-ring (bicyclic) bond motifs is 7. The first-order valence-electron chi connectivity index (χ1n) is 15.8. The van der Waals surface area contributed by atoms with Gasteiger partial charge in [0.25, 0.3) is 0 Å². The summed E-state index contributed by atoms with van der Waals surface area (Å²) >= 11 is 1.71. The topological polar surface area (TPSA) is 105 Å². The highest BCUT2D eigenvalue weighted by Gasteiger charge is 2.80. The molecule has 2 aromatic rings. The summed E-state index contributed by atoms with van der Waals surface area (Å²) in [7, 11) is 1.88. The van der Waals surface area contributed by atoms with Gasteiger partial charge >= 0.3 is 0 Å². The van der Waals surface area contributed by atoms with Gasteiger partial charge in [-0.25, -0.2) is 8.78 Å². The lowest BCUT2D eigenvalue weighted by Crippen LogP contribution is -2.70. The van der Waals surface area contributed by atoms with Crippen LogP contribution in [-0.2, 0) is 24.8 Å². The SMILES string of the molecule is CNc1cccc(SCc2ccc([C@H]3O[C@@H]4C[C@H]5[C@@H]6C[C@H](F)C7=CC(=O)C=C[C@]7(C)[C@@]6(F)[C@@H](O)C[C@]5(C)[C@]4(C(=O)CO)O3)cc2)c1. The number of Topliss-reactive ketones (excluding diaryl/α,β-unsaturated/α-hetero) is 1. The molecule has 46 heavy (non-hydrogen) atoms. The van der Waals surface area contributed by atoms with Crippen LogP contribution in [0.5, 0.6) is 0 Å². The minimum Gasteiger partial charge on any atom is -0.390 e. The average molecular weight is 652 g/mol. The molecule has 0 amide bonds. The molecule has 5 aliphatic rings. The second-order valence-electron chi connectivity index (χ2n) is 13.8. The van der Waals surface area contributed by atoms with E-state index in [0.717, 1.165) is 28.0 Å². The number of anilines is 1. The molecule has 0 spiro atoms. The van der Waals surface area contributed by atoms with E-state index in [-0.39, 0.29) is 24.8 Å². The Bertz CT molecular complexity index is 1630. The maximum atomic E-state index is 17.6. The Hall–Kier alpha value is -2.89. The van der Waals surface area contributed by atoms with Gasteiger partial charge in [-0.3, -0.25) is 9.59 Å². The molecule has 10 heteroatoms. The third-order valence-corrected chi connectivity index (χ3v) is 12.8. The highest BCUT2D eigenvalue weighted by molar-refractivity contribution is 7.98. The van der Waals surface area contributed by atoms with Crippen LogP contribution < -0.4 is 5.32 Å². The maximum Gasteiger partial charge on any atom is 0.193 e. The van der Waals surface area contributed by atoms with Crippen molar-refractivity contribution in [1.29, 1.82) is 0 Å². The van der Waals surface area contributed by atoms with Gasteiger partial charge in [-0.05, 0) is 73.6 Å². The molecule has 1 heterocycles. The highest BCUT2D eigenvalue weighted by Crippen LogP contribution is 2.72. The number of nitrogens with one attached hydrogen (secondary N) is 1. The number of ether oxygens (including phenoxy) is 2. The van der Waals surface area contributed by atoms with Crippen molar-refractivity contribution in [2.24, 2.45) is 22.7 Å². The summed E-state index contributed by atoms with van der Waals surface area (Å²) in [6.45, 7) is 2.51. The Labute approximate surface area is 271 Å². The Morgan fingerprint density at radius 1 is 1.13 bits per heavy atom. The fourth-order valence-corrected chi connectivity index (χ4v) is 10.3. The van der Waals surface area contributed by atoms with Crippen molar-refractivity contribution < 1.29 is 38.1 Å². The molecule has 1 aliphatic heterocycles. The number of carbonyl (C=O) groups is 2. The number of hydrogen-bond acceptors (Lipinski definition) is 8. The zero-order valence-corrected chi connectivity index (χ0v) is 26.9. The van der Waals surface area contributed by atoms with E-state index >= 15 is 8.78 Å². The van der Waals surface area contributed by atoms with E-state index in [2.05, 4.69) is 17.4 Å². The van der Waals surface area contributed by atoms with E-state index in [1.54, 1.807) is 25.6 Å². The molecule has 3 saturated carbocycles. The van der Waals surface area contributed by atoms with Crippen molar-refractivity contribution in [1.82, 2.24) is 0 Å². The summed E-state index contributed by atoms with van der Waals surface area (Å²) in [6, 6.07) is 15.9. The number of benzene rings is 2. The predicted molar refractivity (Wildman–Crippen MR) is 170 cm³/mol.